The van der Waals surface area contributed by atoms with Gasteiger partial charge in [-0.15, -0.1) is 0 Å². The first-order valence-electron chi connectivity index (χ1n) is 12.3. The van der Waals surface area contributed by atoms with Gasteiger partial charge in [-0.05, 0) is 62.8 Å². The quantitative estimate of drug-likeness (QED) is 0.157. The van der Waals surface area contributed by atoms with E-state index in [1.807, 2.05) is 36.4 Å². The van der Waals surface area contributed by atoms with E-state index in [9.17, 15) is 4.79 Å². The smallest absolute Gasteiger partial charge is 0.247 e. The van der Waals surface area contributed by atoms with E-state index < -0.39 is 20.2 Å². The van der Waals surface area contributed by atoms with E-state index in [-0.39, 0.29) is 5.97 Å². The van der Waals surface area contributed by atoms with Gasteiger partial charge in [-0.3, -0.25) is 0 Å². The molecule has 0 aromatic heterocycles. The summed E-state index contributed by atoms with van der Waals surface area (Å²) in [5, 5.41) is 0. The second-order valence-electron chi connectivity index (χ2n) is 7.89. The molecule has 33 heavy (non-hydrogen) atoms. The monoisotopic (exact) mass is 558 g/mol. The van der Waals surface area contributed by atoms with Crippen LogP contribution in [0.3, 0.4) is 0 Å². The van der Waals surface area contributed by atoms with Crippen LogP contribution in [0.25, 0.3) is 0 Å². The fraction of sp³-hybridized carbons (Fsp3) is 0.367. The van der Waals surface area contributed by atoms with Gasteiger partial charge in [-0.2, -0.15) is 0 Å². The number of carbonyl (C=O) groups excluding carboxylic acids is 1. The molecular weight excluding hydrogens is 519 g/mol. The lowest BCUT2D eigenvalue weighted by atomic mass is 10.1. The van der Waals surface area contributed by atoms with E-state index in [1.54, 1.807) is 0 Å². The van der Waals surface area contributed by atoms with Crippen LogP contribution >= 0.6 is 0 Å². The van der Waals surface area contributed by atoms with Crippen molar-refractivity contribution in [3.8, 4) is 0 Å². The maximum absolute atomic E-state index is 12.5. The van der Waals surface area contributed by atoms with Gasteiger partial charge in [0.1, 0.15) is 0 Å². The summed E-state index contributed by atoms with van der Waals surface area (Å²) in [7, 11) is 0. The number of halogens is 1. The van der Waals surface area contributed by atoms with Crippen molar-refractivity contribution >= 4 is 5.97 Å². The van der Waals surface area contributed by atoms with E-state index in [2.05, 4.69) is 67.6 Å². The predicted molar refractivity (Wildman–Crippen MR) is 136 cm³/mol. The molecule has 1 radical (unpaired) electrons. The van der Waals surface area contributed by atoms with Gasteiger partial charge in [0.2, 0.25) is 0 Å². The summed E-state index contributed by atoms with van der Waals surface area (Å²) in [5.74, 6) is -0.0471. The van der Waals surface area contributed by atoms with Gasteiger partial charge in [0, 0.05) is 0 Å². The highest BCUT2D eigenvalue weighted by molar-refractivity contribution is 5.68. The molecule has 2 rings (SSSR count). The normalized spacial score (nSPS) is 11.8. The minimum absolute atomic E-state index is 0.0471. The number of unbranched alkanes of at least 4 members (excludes halogenated alkanes) is 5. The lowest BCUT2D eigenvalue weighted by Gasteiger charge is -2.05. The van der Waals surface area contributed by atoms with Crippen LogP contribution in [-0.4, -0.2) is 5.97 Å². The summed E-state index contributed by atoms with van der Waals surface area (Å²) in [4.78, 5) is 12.5. The van der Waals surface area contributed by atoms with Gasteiger partial charge in [-0.25, -0.2) is 7.86 Å². The Kier molecular flexibility index (Phi) is 15.0. The minimum atomic E-state index is -2.18. The molecule has 0 unspecified atom stereocenters. The van der Waals surface area contributed by atoms with Gasteiger partial charge in [0.05, 0.1) is 6.42 Å². The summed E-state index contributed by atoms with van der Waals surface area (Å²) in [6.07, 6.45) is 23.9. The molecule has 2 nitrogen and oxygen atoms in total. The zero-order chi connectivity index (χ0) is 23.4. The molecule has 0 bridgehead atoms. The third kappa shape index (κ3) is 12.6. The van der Waals surface area contributed by atoms with Crippen molar-refractivity contribution in [2.75, 3.05) is 0 Å². The van der Waals surface area contributed by atoms with E-state index in [4.69, 9.17) is 3.07 Å². The van der Waals surface area contributed by atoms with Crippen molar-refractivity contribution < 1.29 is 28.1 Å². The Labute approximate surface area is 208 Å². The first-order valence-corrected chi connectivity index (χ1v) is 15.3. The number of allylic oxidation sites excluding steroid dienone is 6. The topological polar surface area (TPSA) is 26.3 Å². The first kappa shape index (κ1) is 27.1. The summed E-state index contributed by atoms with van der Waals surface area (Å²) >= 11 is -2.18. The largest absolute Gasteiger partial charge is 0.360 e. The SMILES string of the molecule is CC/C=C\C/C=C\C/C=C\CCCCCCCC(=O)O[I+](c1ccccc1)c1ccccc1. The second kappa shape index (κ2) is 18.3. The van der Waals surface area contributed by atoms with Gasteiger partial charge in [0.25, 0.3) is 0 Å². The summed E-state index contributed by atoms with van der Waals surface area (Å²) in [5.41, 5.74) is 0. The lowest BCUT2D eigenvalue weighted by Crippen LogP contribution is -3.85. The molecule has 0 saturated carbocycles. The summed E-state index contributed by atoms with van der Waals surface area (Å²) in [6, 6.07) is 20.4. The third-order valence-corrected chi connectivity index (χ3v) is 9.69. The van der Waals surface area contributed by atoms with Crippen LogP contribution in [-0.2, 0) is 7.86 Å². The van der Waals surface area contributed by atoms with Crippen molar-refractivity contribution in [2.45, 2.75) is 71.1 Å². The number of rotatable bonds is 16. The molecule has 0 atom stereocenters. The van der Waals surface area contributed by atoms with Crippen molar-refractivity contribution in [1.82, 2.24) is 0 Å². The minimum Gasteiger partial charge on any atom is -0.247 e. The Morgan fingerprint density at radius 1 is 0.697 bits per heavy atom. The van der Waals surface area contributed by atoms with E-state index >= 15 is 0 Å². The Balaban J connectivity index is 1.57. The molecule has 177 valence electrons. The van der Waals surface area contributed by atoms with Crippen LogP contribution in [0.1, 0.15) is 71.1 Å². The maximum Gasteiger partial charge on any atom is 0.360 e. The number of carbonyl (C=O) groups is 1. The standard InChI is InChI=1S/C30H39IO2/c1-2-3-4-5-6-7-8-9-10-11-12-13-14-15-22-27-30(32)33-31(28-23-18-16-19-24-28)29-25-20-17-21-26-29/h3-4,6-7,9-10,16-21,23-26H,2,5,8,11-15,22,27H2,1H3/q+1/b4-3-,7-6-,10-9-. The van der Waals surface area contributed by atoms with E-state index in [1.165, 1.54) is 19.3 Å². The third-order valence-electron chi connectivity index (χ3n) is 5.06. The molecule has 0 aliphatic rings. The maximum atomic E-state index is 12.5. The van der Waals surface area contributed by atoms with E-state index in [0.717, 1.165) is 45.7 Å². The molecule has 0 aliphatic heterocycles. The van der Waals surface area contributed by atoms with Crippen LogP contribution in [0.5, 0.6) is 0 Å². The molecule has 0 saturated heterocycles. The van der Waals surface area contributed by atoms with Crippen molar-refractivity contribution in [3.63, 3.8) is 0 Å². The molecule has 0 fully saturated rings. The molecule has 2 aromatic carbocycles. The summed E-state index contributed by atoms with van der Waals surface area (Å²) in [6.45, 7) is 2.16. The van der Waals surface area contributed by atoms with E-state index in [0.29, 0.717) is 6.42 Å². The van der Waals surface area contributed by atoms with Crippen LogP contribution in [0.15, 0.2) is 97.1 Å². The van der Waals surface area contributed by atoms with Crippen LogP contribution < -0.4 is 20.2 Å². The van der Waals surface area contributed by atoms with Crippen LogP contribution in [0.2, 0.25) is 0 Å². The highest BCUT2D eigenvalue weighted by Crippen LogP contribution is 2.08. The average Bonchev–Trinajstić information content (AvgIpc) is 2.86. The Morgan fingerprint density at radius 2 is 1.21 bits per heavy atom. The Morgan fingerprint density at radius 3 is 1.82 bits per heavy atom. The summed E-state index contributed by atoms with van der Waals surface area (Å²) < 4.78 is 8.37. The Hall–Kier alpha value is -2.14. The van der Waals surface area contributed by atoms with Crippen molar-refractivity contribution in [2.24, 2.45) is 0 Å². The molecule has 0 heterocycles. The number of hydrogen-bond acceptors (Lipinski definition) is 2. The Bertz CT molecular complexity index is 801. The second-order valence-corrected chi connectivity index (χ2v) is 12.2. The van der Waals surface area contributed by atoms with Crippen molar-refractivity contribution in [3.05, 3.63) is 104 Å². The number of benzene rings is 2. The molecule has 0 N–H and O–H groups in total. The van der Waals surface area contributed by atoms with Gasteiger partial charge < -0.3 is 0 Å². The van der Waals surface area contributed by atoms with Crippen LogP contribution in [0, 0.1) is 7.14 Å². The van der Waals surface area contributed by atoms with Gasteiger partial charge in [-0.1, -0.05) is 99.0 Å². The molecule has 2 aromatic rings. The lowest BCUT2D eigenvalue weighted by molar-refractivity contribution is -1.04. The molecular formula is C30H39IO2+. The molecule has 0 aliphatic carbocycles. The molecule has 0 amide bonds. The predicted octanol–water partition coefficient (Wildman–Crippen LogP) is 5.40. The first-order chi connectivity index (χ1) is 16.3. The average molecular weight is 559 g/mol. The van der Waals surface area contributed by atoms with Gasteiger partial charge >= 0.3 is 26.2 Å². The highest BCUT2D eigenvalue weighted by Gasteiger charge is 2.33. The molecule has 0 spiro atoms. The van der Waals surface area contributed by atoms with Gasteiger partial charge in [0.15, 0.2) is 7.14 Å². The zero-order valence-electron chi connectivity index (χ0n) is 20.0. The number of hydrogen-bond donors (Lipinski definition) is 0. The zero-order valence-corrected chi connectivity index (χ0v) is 22.2. The van der Waals surface area contributed by atoms with Crippen molar-refractivity contribution in [1.29, 1.82) is 0 Å². The van der Waals surface area contributed by atoms with Crippen LogP contribution in [0.4, 0.5) is 0 Å². The highest BCUT2D eigenvalue weighted by atomic mass is 127. The molecule has 3 heteroatoms. The fourth-order valence-electron chi connectivity index (χ4n) is 3.29. The fourth-order valence-corrected chi connectivity index (χ4v) is 7.36.